The lowest BCUT2D eigenvalue weighted by atomic mass is 10.1. The average molecular weight is 384 g/mol. The molecule has 0 atom stereocenters. The van der Waals surface area contributed by atoms with Crippen LogP contribution >= 0.6 is 0 Å². The zero-order valence-corrected chi connectivity index (χ0v) is 15.5. The maximum Gasteiger partial charge on any atom is 0.346 e. The van der Waals surface area contributed by atoms with E-state index in [1.165, 1.54) is 19.5 Å². The topological polar surface area (TPSA) is 78.4 Å². The SMILES string of the molecule is COC(=O)c1cc2ccccc2cc1OC(=O)c1cnc(-c2ccccc2)nc1. The van der Waals surface area contributed by atoms with Gasteiger partial charge in [0.2, 0.25) is 0 Å². The van der Waals surface area contributed by atoms with Crippen molar-refractivity contribution in [2.75, 3.05) is 7.11 Å². The van der Waals surface area contributed by atoms with Crippen LogP contribution in [0, 0.1) is 0 Å². The molecule has 0 aliphatic carbocycles. The molecule has 0 amide bonds. The molecule has 0 N–H and O–H groups in total. The van der Waals surface area contributed by atoms with E-state index in [2.05, 4.69) is 9.97 Å². The van der Waals surface area contributed by atoms with Crippen LogP contribution in [0.2, 0.25) is 0 Å². The van der Waals surface area contributed by atoms with Crippen LogP contribution in [0.5, 0.6) is 5.75 Å². The van der Waals surface area contributed by atoms with Crippen molar-refractivity contribution in [2.45, 2.75) is 0 Å². The Balaban J connectivity index is 1.64. The third kappa shape index (κ3) is 3.82. The summed E-state index contributed by atoms with van der Waals surface area (Å²) < 4.78 is 10.3. The van der Waals surface area contributed by atoms with E-state index in [0.717, 1.165) is 16.3 Å². The number of rotatable bonds is 4. The molecule has 142 valence electrons. The van der Waals surface area contributed by atoms with Gasteiger partial charge in [0.25, 0.3) is 0 Å². The molecular formula is C23H16N2O4. The summed E-state index contributed by atoms with van der Waals surface area (Å²) in [6.45, 7) is 0. The van der Waals surface area contributed by atoms with Gasteiger partial charge in [-0.2, -0.15) is 0 Å². The highest BCUT2D eigenvalue weighted by Crippen LogP contribution is 2.27. The number of fused-ring (bicyclic) bond motifs is 1. The van der Waals surface area contributed by atoms with Crippen LogP contribution in [0.25, 0.3) is 22.2 Å². The minimum atomic E-state index is -0.662. The molecular weight excluding hydrogens is 368 g/mol. The Kier molecular flexibility index (Phi) is 4.99. The number of carbonyl (C=O) groups excluding carboxylic acids is 2. The van der Waals surface area contributed by atoms with Crippen molar-refractivity contribution < 1.29 is 19.1 Å². The summed E-state index contributed by atoms with van der Waals surface area (Å²) in [6.07, 6.45) is 2.80. The number of esters is 2. The normalized spacial score (nSPS) is 10.5. The van der Waals surface area contributed by atoms with Crippen LogP contribution in [0.1, 0.15) is 20.7 Å². The lowest BCUT2D eigenvalue weighted by molar-refractivity contribution is 0.0593. The number of carbonyl (C=O) groups is 2. The van der Waals surface area contributed by atoms with E-state index in [4.69, 9.17) is 9.47 Å². The molecule has 6 nitrogen and oxygen atoms in total. The van der Waals surface area contributed by atoms with Crippen molar-refractivity contribution in [2.24, 2.45) is 0 Å². The molecule has 0 saturated heterocycles. The maximum absolute atomic E-state index is 12.6. The Labute approximate surface area is 166 Å². The Morgan fingerprint density at radius 1 is 0.793 bits per heavy atom. The van der Waals surface area contributed by atoms with Crippen molar-refractivity contribution in [1.82, 2.24) is 9.97 Å². The fourth-order valence-electron chi connectivity index (χ4n) is 2.90. The van der Waals surface area contributed by atoms with Crippen molar-refractivity contribution in [1.29, 1.82) is 0 Å². The highest BCUT2D eigenvalue weighted by Gasteiger charge is 2.19. The summed E-state index contributed by atoms with van der Waals surface area (Å²) in [4.78, 5) is 33.2. The first-order chi connectivity index (χ1) is 14.2. The van der Waals surface area contributed by atoms with Gasteiger partial charge in [0.05, 0.1) is 12.7 Å². The number of nitrogens with zero attached hydrogens (tertiary/aromatic N) is 2. The van der Waals surface area contributed by atoms with E-state index in [1.807, 2.05) is 54.6 Å². The van der Waals surface area contributed by atoms with Gasteiger partial charge < -0.3 is 9.47 Å². The largest absolute Gasteiger partial charge is 0.465 e. The van der Waals surface area contributed by atoms with Crippen molar-refractivity contribution in [3.05, 3.63) is 90.3 Å². The molecule has 1 heterocycles. The standard InChI is InChI=1S/C23H16N2O4/c1-28-23(27)19-11-16-9-5-6-10-17(16)12-20(19)29-22(26)18-13-24-21(25-14-18)15-7-3-2-4-8-15/h2-14H,1H3. The molecule has 0 radical (unpaired) electrons. The minimum absolute atomic E-state index is 0.118. The van der Waals surface area contributed by atoms with Gasteiger partial charge in [-0.15, -0.1) is 0 Å². The smallest absolute Gasteiger partial charge is 0.346 e. The van der Waals surface area contributed by atoms with Crippen LogP contribution in [0.15, 0.2) is 79.1 Å². The van der Waals surface area contributed by atoms with Gasteiger partial charge in [-0.3, -0.25) is 0 Å². The molecule has 6 heteroatoms. The van der Waals surface area contributed by atoms with Crippen molar-refractivity contribution >= 4 is 22.7 Å². The van der Waals surface area contributed by atoms with E-state index in [1.54, 1.807) is 12.1 Å². The second-order valence-corrected chi connectivity index (χ2v) is 6.24. The molecule has 0 spiro atoms. The Morgan fingerprint density at radius 2 is 1.41 bits per heavy atom. The zero-order valence-electron chi connectivity index (χ0n) is 15.5. The Bertz CT molecular complexity index is 1190. The maximum atomic E-state index is 12.6. The monoisotopic (exact) mass is 384 g/mol. The number of methoxy groups -OCH3 is 1. The minimum Gasteiger partial charge on any atom is -0.465 e. The van der Waals surface area contributed by atoms with E-state index in [-0.39, 0.29) is 16.9 Å². The quantitative estimate of drug-likeness (QED) is 0.386. The molecule has 0 fully saturated rings. The number of ether oxygens (including phenoxy) is 2. The highest BCUT2D eigenvalue weighted by molar-refractivity contribution is 6.00. The predicted molar refractivity (Wildman–Crippen MR) is 108 cm³/mol. The van der Waals surface area contributed by atoms with Gasteiger partial charge in [0.1, 0.15) is 11.3 Å². The predicted octanol–water partition coefficient (Wildman–Crippen LogP) is 4.30. The first-order valence-electron chi connectivity index (χ1n) is 8.86. The van der Waals surface area contributed by atoms with Crippen LogP contribution in [0.3, 0.4) is 0 Å². The molecule has 29 heavy (non-hydrogen) atoms. The van der Waals surface area contributed by atoms with Crippen LogP contribution in [0.4, 0.5) is 0 Å². The fourth-order valence-corrected chi connectivity index (χ4v) is 2.90. The summed E-state index contributed by atoms with van der Waals surface area (Å²) >= 11 is 0. The van der Waals surface area contributed by atoms with Crippen molar-refractivity contribution in [3.8, 4) is 17.1 Å². The molecule has 4 rings (SSSR count). The molecule has 0 bridgehead atoms. The van der Waals surface area contributed by atoms with E-state index in [0.29, 0.717) is 5.82 Å². The highest BCUT2D eigenvalue weighted by atomic mass is 16.5. The molecule has 0 unspecified atom stereocenters. The summed E-state index contributed by atoms with van der Waals surface area (Å²) in [5.74, 6) is -0.630. The van der Waals surface area contributed by atoms with E-state index in [9.17, 15) is 9.59 Å². The summed E-state index contributed by atoms with van der Waals surface area (Å²) in [5, 5.41) is 1.67. The second kappa shape index (κ2) is 7.90. The summed E-state index contributed by atoms with van der Waals surface area (Å²) in [6, 6.07) is 20.2. The number of hydrogen-bond acceptors (Lipinski definition) is 6. The zero-order chi connectivity index (χ0) is 20.2. The first kappa shape index (κ1) is 18.3. The second-order valence-electron chi connectivity index (χ2n) is 6.24. The molecule has 0 aliphatic rings. The van der Waals surface area contributed by atoms with Gasteiger partial charge >= 0.3 is 11.9 Å². The van der Waals surface area contributed by atoms with E-state index >= 15 is 0 Å². The molecule has 4 aromatic rings. The Morgan fingerprint density at radius 3 is 2.07 bits per heavy atom. The number of benzene rings is 3. The first-order valence-corrected chi connectivity index (χ1v) is 8.86. The third-order valence-corrected chi connectivity index (χ3v) is 4.38. The number of hydrogen-bond donors (Lipinski definition) is 0. The van der Waals surface area contributed by atoms with Gasteiger partial charge in [-0.1, -0.05) is 54.6 Å². The summed E-state index contributed by atoms with van der Waals surface area (Å²) in [5.41, 5.74) is 1.19. The van der Waals surface area contributed by atoms with Gasteiger partial charge in [-0.25, -0.2) is 19.6 Å². The van der Waals surface area contributed by atoms with E-state index < -0.39 is 11.9 Å². The molecule has 3 aromatic carbocycles. The van der Waals surface area contributed by atoms with Crippen LogP contribution in [-0.4, -0.2) is 29.0 Å². The van der Waals surface area contributed by atoms with Crippen LogP contribution in [-0.2, 0) is 4.74 Å². The lowest BCUT2D eigenvalue weighted by Crippen LogP contribution is -2.13. The molecule has 0 aliphatic heterocycles. The van der Waals surface area contributed by atoms with Gasteiger partial charge in [-0.05, 0) is 22.9 Å². The summed E-state index contributed by atoms with van der Waals surface area (Å²) in [7, 11) is 1.28. The lowest BCUT2D eigenvalue weighted by Gasteiger charge is -2.10. The molecule has 0 saturated carbocycles. The van der Waals surface area contributed by atoms with Gasteiger partial charge in [0, 0.05) is 18.0 Å². The fraction of sp³-hybridized carbons (Fsp3) is 0.0435. The van der Waals surface area contributed by atoms with Crippen LogP contribution < -0.4 is 4.74 Å². The number of aromatic nitrogens is 2. The van der Waals surface area contributed by atoms with Gasteiger partial charge in [0.15, 0.2) is 5.82 Å². The van der Waals surface area contributed by atoms with Crippen molar-refractivity contribution in [3.63, 3.8) is 0 Å². The average Bonchev–Trinajstić information content (AvgIpc) is 2.78. The molecule has 1 aromatic heterocycles. The Hall–Kier alpha value is -4.06. The third-order valence-electron chi connectivity index (χ3n) is 4.38.